The highest BCUT2D eigenvalue weighted by molar-refractivity contribution is 6.24. The van der Waals surface area contributed by atoms with Gasteiger partial charge >= 0.3 is 0 Å². The highest BCUT2D eigenvalue weighted by Crippen LogP contribution is 2.42. The lowest BCUT2D eigenvalue weighted by Gasteiger charge is -2.15. The quantitative estimate of drug-likeness (QED) is 0.172. The van der Waals surface area contributed by atoms with E-state index in [2.05, 4.69) is 126 Å². The molecule has 0 saturated carbocycles. The number of aromatic nitrogens is 4. The van der Waals surface area contributed by atoms with E-state index in [4.69, 9.17) is 19.4 Å². The average Bonchev–Trinajstić information content (AvgIpc) is 3.83. The van der Waals surface area contributed by atoms with Gasteiger partial charge < -0.3 is 8.98 Å². The number of nitrogens with zero attached hydrogens (tertiary/aromatic N) is 4. The van der Waals surface area contributed by atoms with Gasteiger partial charge in [0.05, 0.1) is 16.4 Å². The number of para-hydroxylation sites is 2. The van der Waals surface area contributed by atoms with Gasteiger partial charge in [0.2, 0.25) is 0 Å². The number of benzene rings is 8. The molecule has 56 heavy (non-hydrogen) atoms. The van der Waals surface area contributed by atoms with Crippen LogP contribution in [-0.2, 0) is 0 Å². The SMILES string of the molecule is c1ccc(-c2cc(-c3cccc(-c4nc(-c5ccccc5)nc(-c5ccccc5)n4)c3)cc(-n3c4ccccc4c4ccc5oc6ccccc6c5c43)c2)cc1. The third kappa shape index (κ3) is 5.37. The molecule has 0 N–H and O–H groups in total. The first kappa shape index (κ1) is 31.9. The first-order valence-corrected chi connectivity index (χ1v) is 18.8. The number of rotatable bonds is 6. The molecule has 262 valence electrons. The zero-order valence-corrected chi connectivity index (χ0v) is 30.2. The minimum Gasteiger partial charge on any atom is -0.456 e. The second kappa shape index (κ2) is 13.0. The Labute approximate surface area is 322 Å². The Balaban J connectivity index is 1.15. The first-order chi connectivity index (χ1) is 27.7. The van der Waals surface area contributed by atoms with Gasteiger partial charge in [0, 0.05) is 38.5 Å². The zero-order valence-electron chi connectivity index (χ0n) is 30.2. The molecular formula is C51H32N4O. The molecular weight excluding hydrogens is 685 g/mol. The van der Waals surface area contributed by atoms with Gasteiger partial charge in [-0.2, -0.15) is 0 Å². The van der Waals surface area contributed by atoms with Crippen LogP contribution >= 0.6 is 0 Å². The van der Waals surface area contributed by atoms with E-state index in [1.165, 1.54) is 10.8 Å². The first-order valence-electron chi connectivity index (χ1n) is 18.8. The van der Waals surface area contributed by atoms with Gasteiger partial charge in [-0.3, -0.25) is 0 Å². The molecule has 0 aliphatic rings. The van der Waals surface area contributed by atoms with Gasteiger partial charge in [-0.05, 0) is 70.8 Å². The molecule has 0 fully saturated rings. The van der Waals surface area contributed by atoms with Crippen LogP contribution in [0.3, 0.4) is 0 Å². The maximum absolute atomic E-state index is 6.43. The minimum atomic E-state index is 0.621. The van der Waals surface area contributed by atoms with E-state index in [1.54, 1.807) is 0 Å². The standard InChI is InChI=1S/C51H32N4O/c1-4-15-33(16-5-1)38-30-39(36-21-14-22-37(29-36)51-53-49(34-17-6-2-7-18-34)52-50(54-51)35-19-8-3-9-20-35)32-40(31-38)55-44-25-12-10-23-41(44)42-27-28-46-47(48(42)55)43-24-11-13-26-45(43)56-46/h1-32H. The summed E-state index contributed by atoms with van der Waals surface area (Å²) in [5.41, 5.74) is 12.3. The third-order valence-electron chi connectivity index (χ3n) is 10.6. The lowest BCUT2D eigenvalue weighted by Crippen LogP contribution is -2.00. The number of hydrogen-bond acceptors (Lipinski definition) is 4. The van der Waals surface area contributed by atoms with Crippen molar-refractivity contribution >= 4 is 43.7 Å². The lowest BCUT2D eigenvalue weighted by atomic mass is 9.96. The molecule has 8 aromatic carbocycles. The highest BCUT2D eigenvalue weighted by atomic mass is 16.3. The molecule has 11 aromatic rings. The van der Waals surface area contributed by atoms with Crippen LogP contribution in [-0.4, -0.2) is 19.5 Å². The van der Waals surface area contributed by atoms with Crippen molar-refractivity contribution in [3.63, 3.8) is 0 Å². The van der Waals surface area contributed by atoms with Gasteiger partial charge in [-0.1, -0.05) is 146 Å². The summed E-state index contributed by atoms with van der Waals surface area (Å²) in [5, 5.41) is 4.60. The summed E-state index contributed by atoms with van der Waals surface area (Å²) in [6.45, 7) is 0. The summed E-state index contributed by atoms with van der Waals surface area (Å²) in [6, 6.07) is 67.5. The second-order valence-electron chi connectivity index (χ2n) is 14.0. The monoisotopic (exact) mass is 716 g/mol. The van der Waals surface area contributed by atoms with Crippen molar-refractivity contribution in [2.24, 2.45) is 0 Å². The van der Waals surface area contributed by atoms with Crippen LogP contribution in [0.5, 0.6) is 0 Å². The summed E-state index contributed by atoms with van der Waals surface area (Å²) in [6.07, 6.45) is 0. The smallest absolute Gasteiger partial charge is 0.164 e. The fourth-order valence-corrected chi connectivity index (χ4v) is 8.01. The number of hydrogen-bond donors (Lipinski definition) is 0. The Kier molecular flexibility index (Phi) is 7.42. The molecule has 0 unspecified atom stereocenters. The Morgan fingerprint density at radius 2 is 0.857 bits per heavy atom. The van der Waals surface area contributed by atoms with Crippen LogP contribution in [0.2, 0.25) is 0 Å². The molecule has 5 heteroatoms. The molecule has 0 aliphatic heterocycles. The van der Waals surface area contributed by atoms with E-state index in [0.717, 1.165) is 77.6 Å². The average molecular weight is 717 g/mol. The molecule has 0 atom stereocenters. The third-order valence-corrected chi connectivity index (χ3v) is 10.6. The predicted molar refractivity (Wildman–Crippen MR) is 229 cm³/mol. The molecule has 0 spiro atoms. The Bertz CT molecular complexity index is 3180. The van der Waals surface area contributed by atoms with Crippen molar-refractivity contribution in [2.45, 2.75) is 0 Å². The summed E-state index contributed by atoms with van der Waals surface area (Å²) >= 11 is 0. The topological polar surface area (TPSA) is 56.7 Å². The van der Waals surface area contributed by atoms with Crippen molar-refractivity contribution in [2.75, 3.05) is 0 Å². The fourth-order valence-electron chi connectivity index (χ4n) is 8.01. The molecule has 0 bridgehead atoms. The van der Waals surface area contributed by atoms with Crippen molar-refractivity contribution in [1.82, 2.24) is 19.5 Å². The highest BCUT2D eigenvalue weighted by Gasteiger charge is 2.20. The molecule has 0 radical (unpaired) electrons. The van der Waals surface area contributed by atoms with Gasteiger partial charge in [-0.25, -0.2) is 15.0 Å². The van der Waals surface area contributed by atoms with Gasteiger partial charge in [0.25, 0.3) is 0 Å². The predicted octanol–water partition coefficient (Wildman–Crippen LogP) is 13.2. The number of furan rings is 1. The maximum atomic E-state index is 6.43. The van der Waals surface area contributed by atoms with Crippen LogP contribution < -0.4 is 0 Å². The van der Waals surface area contributed by atoms with Crippen LogP contribution in [0.25, 0.3) is 106 Å². The van der Waals surface area contributed by atoms with E-state index in [9.17, 15) is 0 Å². The largest absolute Gasteiger partial charge is 0.456 e. The lowest BCUT2D eigenvalue weighted by molar-refractivity contribution is 0.669. The maximum Gasteiger partial charge on any atom is 0.164 e. The molecule has 11 rings (SSSR count). The van der Waals surface area contributed by atoms with Crippen molar-refractivity contribution < 1.29 is 4.42 Å². The zero-order chi connectivity index (χ0) is 37.0. The summed E-state index contributed by atoms with van der Waals surface area (Å²) in [4.78, 5) is 15.0. The second-order valence-corrected chi connectivity index (χ2v) is 14.0. The fraction of sp³-hybridized carbons (Fsp3) is 0. The van der Waals surface area contributed by atoms with Gasteiger partial charge in [0.1, 0.15) is 11.2 Å². The van der Waals surface area contributed by atoms with Gasteiger partial charge in [0.15, 0.2) is 17.5 Å². The van der Waals surface area contributed by atoms with E-state index in [1.807, 2.05) is 72.8 Å². The van der Waals surface area contributed by atoms with Gasteiger partial charge in [-0.15, -0.1) is 0 Å². The van der Waals surface area contributed by atoms with E-state index >= 15 is 0 Å². The molecule has 3 heterocycles. The van der Waals surface area contributed by atoms with Crippen LogP contribution in [0, 0.1) is 0 Å². The Hall–Kier alpha value is -7.63. The normalized spacial score (nSPS) is 11.6. The van der Waals surface area contributed by atoms with E-state index < -0.39 is 0 Å². The summed E-state index contributed by atoms with van der Waals surface area (Å²) < 4.78 is 8.85. The van der Waals surface area contributed by atoms with E-state index in [0.29, 0.717) is 17.5 Å². The number of fused-ring (bicyclic) bond motifs is 7. The van der Waals surface area contributed by atoms with Crippen LogP contribution in [0.4, 0.5) is 0 Å². The minimum absolute atomic E-state index is 0.621. The van der Waals surface area contributed by atoms with Crippen LogP contribution in [0.1, 0.15) is 0 Å². The van der Waals surface area contributed by atoms with Crippen molar-refractivity contribution in [1.29, 1.82) is 0 Å². The van der Waals surface area contributed by atoms with Crippen molar-refractivity contribution in [3.05, 3.63) is 194 Å². The molecule has 0 aliphatic carbocycles. The van der Waals surface area contributed by atoms with Crippen LogP contribution in [0.15, 0.2) is 199 Å². The summed E-state index contributed by atoms with van der Waals surface area (Å²) in [5.74, 6) is 1.89. The molecule has 5 nitrogen and oxygen atoms in total. The Morgan fingerprint density at radius 3 is 1.55 bits per heavy atom. The molecule has 0 saturated heterocycles. The van der Waals surface area contributed by atoms with Crippen molar-refractivity contribution in [3.8, 4) is 62.1 Å². The summed E-state index contributed by atoms with van der Waals surface area (Å²) in [7, 11) is 0. The molecule has 3 aromatic heterocycles. The molecule has 0 amide bonds. The van der Waals surface area contributed by atoms with E-state index in [-0.39, 0.29) is 0 Å². The Morgan fingerprint density at radius 1 is 0.339 bits per heavy atom.